The zero-order valence-electron chi connectivity index (χ0n) is 59.2. The van der Waals surface area contributed by atoms with Gasteiger partial charge < -0.3 is 14.4 Å². The molecule has 109 heavy (non-hydrogen) atoms. The quantitative estimate of drug-likeness (QED) is 0.163. The predicted octanol–water partition coefficient (Wildman–Crippen LogP) is 23.6. The van der Waals surface area contributed by atoms with Gasteiger partial charge in [0.2, 0.25) is 0 Å². The third-order valence-electron chi connectivity index (χ3n) is 26.6. The van der Waals surface area contributed by atoms with Crippen LogP contribution in [0.25, 0.3) is 105 Å². The number of nitrogens with zero attached hydrogens (tertiary/aromatic N) is 3. The van der Waals surface area contributed by atoms with Crippen molar-refractivity contribution in [2.45, 2.75) is 16.2 Å². The summed E-state index contributed by atoms with van der Waals surface area (Å²) in [5.74, 6) is 0. The number of aromatic nitrogens is 1. The van der Waals surface area contributed by atoms with E-state index in [1.807, 2.05) is 0 Å². The number of benzene rings is 17. The van der Waals surface area contributed by atoms with Crippen molar-refractivity contribution in [3.63, 3.8) is 0 Å². The van der Waals surface area contributed by atoms with Gasteiger partial charge in [-0.15, -0.1) is 0 Å². The molecule has 0 fully saturated rings. The van der Waals surface area contributed by atoms with Crippen molar-refractivity contribution in [1.82, 2.24) is 4.57 Å². The monoisotopic (exact) mass is 1380 g/mol. The molecule has 0 N–H and O–H groups in total. The van der Waals surface area contributed by atoms with Crippen molar-refractivity contribution in [3.05, 3.63) is 443 Å². The number of hydrogen-bond donors (Lipinski definition) is 0. The van der Waals surface area contributed by atoms with Crippen LogP contribution in [0.1, 0.15) is 66.8 Å². The number of hydrogen-bond acceptors (Lipinski definition) is 2. The first-order chi connectivity index (χ1) is 54.1. The molecule has 500 valence electrons. The van der Waals surface area contributed by atoms with Crippen LogP contribution in [0, 0.1) is 0 Å². The molecule has 0 saturated heterocycles. The Kier molecular flexibility index (Phi) is 11.2. The summed E-state index contributed by atoms with van der Waals surface area (Å²) in [6.45, 7) is -0.302. The summed E-state index contributed by atoms with van der Waals surface area (Å²) < 4.78 is 2.58. The summed E-state index contributed by atoms with van der Waals surface area (Å²) in [6.07, 6.45) is 0. The highest BCUT2D eigenvalue weighted by Crippen LogP contribution is 2.70. The van der Waals surface area contributed by atoms with E-state index in [1.54, 1.807) is 0 Å². The molecule has 1 aromatic heterocycles. The number of anilines is 6. The molecular formula is C105H62BN3. The lowest BCUT2D eigenvalue weighted by Gasteiger charge is -2.46. The molecule has 0 bridgehead atoms. The lowest BCUT2D eigenvalue weighted by Crippen LogP contribution is -2.62. The second kappa shape index (κ2) is 20.8. The first-order valence-electron chi connectivity index (χ1n) is 38.4. The molecule has 0 atom stereocenters. The average Bonchev–Trinajstić information content (AvgIpc) is 1.71. The van der Waals surface area contributed by atoms with Crippen LogP contribution in [0.4, 0.5) is 34.1 Å². The second-order valence-electron chi connectivity index (χ2n) is 31.0. The molecule has 3 nitrogen and oxygen atoms in total. The fraction of sp³-hybridized carbons (Fsp3) is 0.0286. The van der Waals surface area contributed by atoms with Gasteiger partial charge >= 0.3 is 0 Å². The fourth-order valence-electron chi connectivity index (χ4n) is 22.8. The summed E-state index contributed by atoms with van der Waals surface area (Å²) in [5.41, 5.74) is 45.7. The maximum Gasteiger partial charge on any atom is 0.252 e. The van der Waals surface area contributed by atoms with Crippen LogP contribution < -0.4 is 26.2 Å². The van der Waals surface area contributed by atoms with Gasteiger partial charge in [0.25, 0.3) is 6.71 Å². The van der Waals surface area contributed by atoms with Gasteiger partial charge in [0.1, 0.15) is 0 Å². The zero-order valence-corrected chi connectivity index (χ0v) is 59.2. The highest BCUT2D eigenvalue weighted by Gasteiger charge is 2.59. The van der Waals surface area contributed by atoms with E-state index in [4.69, 9.17) is 0 Å². The van der Waals surface area contributed by atoms with E-state index in [1.165, 1.54) is 183 Å². The van der Waals surface area contributed by atoms with Gasteiger partial charge in [0.05, 0.1) is 38.7 Å². The maximum atomic E-state index is 2.80. The van der Waals surface area contributed by atoms with E-state index in [9.17, 15) is 0 Å². The molecule has 26 rings (SSSR count). The molecule has 3 spiro atoms. The van der Waals surface area contributed by atoms with Crippen LogP contribution in [-0.2, 0) is 16.2 Å². The van der Waals surface area contributed by atoms with Crippen molar-refractivity contribution in [3.8, 4) is 83.6 Å². The van der Waals surface area contributed by atoms with E-state index in [0.29, 0.717) is 0 Å². The second-order valence-corrected chi connectivity index (χ2v) is 31.0. The van der Waals surface area contributed by atoms with Crippen molar-refractivity contribution in [2.75, 3.05) is 9.80 Å². The molecule has 2 aliphatic heterocycles. The summed E-state index contributed by atoms with van der Waals surface area (Å²) in [7, 11) is 0. The summed E-state index contributed by atoms with van der Waals surface area (Å²) in [5, 5.41) is 2.44. The van der Waals surface area contributed by atoms with Crippen LogP contribution >= 0.6 is 0 Å². The Hall–Kier alpha value is -13.8. The van der Waals surface area contributed by atoms with Crippen LogP contribution in [0.3, 0.4) is 0 Å². The molecule has 0 radical (unpaired) electrons. The van der Waals surface area contributed by atoms with Crippen LogP contribution in [-0.4, -0.2) is 11.3 Å². The maximum absolute atomic E-state index is 2.80. The van der Waals surface area contributed by atoms with Gasteiger partial charge in [-0.3, -0.25) is 0 Å². The van der Waals surface area contributed by atoms with Crippen LogP contribution in [0.5, 0.6) is 0 Å². The van der Waals surface area contributed by atoms with Crippen molar-refractivity contribution < 1.29 is 0 Å². The molecule has 3 heterocycles. The van der Waals surface area contributed by atoms with Gasteiger partial charge in [-0.05, 0) is 198 Å². The minimum Gasteiger partial charge on any atom is -0.311 e. The number of fused-ring (bicyclic) bond motifs is 38. The predicted molar refractivity (Wildman–Crippen MR) is 449 cm³/mol. The SMILES string of the molecule is c1ccc(-c2ccc(N3c4cc(-n5c6ccccc6c6ccccc65)cc5c4B(c4cc6c(cc4N5c4cccc5c4C4(c7ccccc7-c7ccccc74)c4ccccc4-5)-c4ccccc4C64c5ccccc5-c5ccccc54)c4ccc5c(c43)-c3ccccc3C53c4ccccc4-c4ccccc43)cc2)cc1. The Labute approximate surface area is 631 Å². The van der Waals surface area contributed by atoms with Gasteiger partial charge in [-0.2, -0.15) is 0 Å². The highest BCUT2D eigenvalue weighted by atomic mass is 15.2. The third kappa shape index (κ3) is 6.92. The smallest absolute Gasteiger partial charge is 0.252 e. The normalized spacial score (nSPS) is 15.0. The minimum absolute atomic E-state index is 0.302. The number of rotatable bonds is 4. The van der Waals surface area contributed by atoms with Gasteiger partial charge in [0, 0.05) is 50.3 Å². The fourth-order valence-corrected chi connectivity index (χ4v) is 22.8. The molecule has 17 aromatic carbocycles. The largest absolute Gasteiger partial charge is 0.311 e. The molecular weight excluding hydrogens is 1310 g/mol. The van der Waals surface area contributed by atoms with Crippen LogP contribution in [0.2, 0.25) is 0 Å². The lowest BCUT2D eigenvalue weighted by molar-refractivity contribution is 0.792. The van der Waals surface area contributed by atoms with Crippen molar-refractivity contribution in [1.29, 1.82) is 0 Å². The van der Waals surface area contributed by atoms with E-state index >= 15 is 0 Å². The lowest BCUT2D eigenvalue weighted by atomic mass is 9.33. The number of para-hydroxylation sites is 2. The Morgan fingerprint density at radius 2 is 0.615 bits per heavy atom. The van der Waals surface area contributed by atoms with Crippen molar-refractivity contribution in [2.24, 2.45) is 0 Å². The molecule has 0 amide bonds. The summed E-state index contributed by atoms with van der Waals surface area (Å²) in [4.78, 5) is 5.54. The Bertz CT molecular complexity index is 6950. The third-order valence-corrected chi connectivity index (χ3v) is 26.6. The molecule has 0 unspecified atom stereocenters. The Morgan fingerprint density at radius 3 is 1.13 bits per heavy atom. The van der Waals surface area contributed by atoms with E-state index < -0.39 is 16.2 Å². The summed E-state index contributed by atoms with van der Waals surface area (Å²) >= 11 is 0. The van der Waals surface area contributed by atoms with E-state index in [-0.39, 0.29) is 6.71 Å². The topological polar surface area (TPSA) is 11.4 Å². The molecule has 6 aliphatic carbocycles. The van der Waals surface area contributed by atoms with Crippen LogP contribution in [0.15, 0.2) is 376 Å². The first kappa shape index (κ1) is 58.5. The molecule has 18 aromatic rings. The average molecular weight is 1380 g/mol. The molecule has 4 heteroatoms. The summed E-state index contributed by atoms with van der Waals surface area (Å²) in [6, 6.07) is 146. The zero-order chi connectivity index (χ0) is 70.7. The van der Waals surface area contributed by atoms with E-state index in [0.717, 1.165) is 39.5 Å². The van der Waals surface area contributed by atoms with E-state index in [2.05, 4.69) is 390 Å². The van der Waals surface area contributed by atoms with Crippen molar-refractivity contribution >= 4 is 79.0 Å². The van der Waals surface area contributed by atoms with Gasteiger partial charge in [-0.25, -0.2) is 0 Å². The first-order valence-corrected chi connectivity index (χ1v) is 38.4. The highest BCUT2D eigenvalue weighted by molar-refractivity contribution is 7.00. The molecule has 8 aliphatic rings. The van der Waals surface area contributed by atoms with Gasteiger partial charge in [-0.1, -0.05) is 328 Å². The Morgan fingerprint density at radius 1 is 0.220 bits per heavy atom. The minimum atomic E-state index is -0.692. The standard InChI is InChI=1S/C105H62BN3/c1-2-27-63(28-3-1)64-53-55-65(56-54-64)108-97-59-66(107-93-50-24-13-37-75(93)76-38-14-25-51-94(76)107)60-98-101(97)106(91-58-57-89-99(102(91)108)78-39-12-23-49-88(78)103(89)80-41-15-4-29-67(80)68-30-5-16-42-81(68)103)92-62-90-79(74-36-11-19-45-84(74)104(90)82-43-17-6-31-69(82)70-32-7-18-44-83(70)104)61-96(92)109(98)95-52-26-40-77-73-35-10-22-48-87(73)105(100(77)95)85-46-20-8-33-71(85)72-34-9-21-47-86(72)105/h1-62H. The van der Waals surface area contributed by atoms with Gasteiger partial charge in [0.15, 0.2) is 0 Å². The Balaban J connectivity index is 0.861. The molecule has 0 saturated carbocycles.